The van der Waals surface area contributed by atoms with Crippen LogP contribution in [0.2, 0.25) is 0 Å². The summed E-state index contributed by atoms with van der Waals surface area (Å²) in [7, 11) is 0. The first-order valence-electron chi connectivity index (χ1n) is 7.32. The third-order valence-corrected chi connectivity index (χ3v) is 3.91. The van der Waals surface area contributed by atoms with E-state index in [0.717, 1.165) is 44.0 Å². The molecular weight excluding hydrogens is 279 g/mol. The van der Waals surface area contributed by atoms with Crippen LogP contribution in [0.3, 0.4) is 0 Å². The summed E-state index contributed by atoms with van der Waals surface area (Å²) in [5.41, 5.74) is 2.74. The lowest BCUT2D eigenvalue weighted by atomic mass is 10.1. The second-order valence-corrected chi connectivity index (χ2v) is 5.41. The maximum absolute atomic E-state index is 13.2. The Bertz CT molecular complexity index is 687. The molecule has 0 amide bonds. The minimum Gasteiger partial charge on any atom is -0.369 e. The molecule has 5 heteroatoms. The normalized spacial score (nSPS) is 15.5. The second-order valence-electron chi connectivity index (χ2n) is 5.41. The first kappa shape index (κ1) is 14.5. The van der Waals surface area contributed by atoms with Gasteiger partial charge in [0.1, 0.15) is 0 Å². The van der Waals surface area contributed by atoms with Crippen molar-refractivity contribution < 1.29 is 4.39 Å². The summed E-state index contributed by atoms with van der Waals surface area (Å²) in [5.74, 6) is -0.437. The van der Waals surface area contributed by atoms with Gasteiger partial charge in [-0.05, 0) is 23.8 Å². The molecule has 3 rings (SSSR count). The van der Waals surface area contributed by atoms with Gasteiger partial charge in [0.05, 0.1) is 11.6 Å². The first-order chi connectivity index (χ1) is 10.7. The topological polar surface area (TPSA) is 43.2 Å². The van der Waals surface area contributed by atoms with Crippen molar-refractivity contribution in [3.05, 3.63) is 59.7 Å². The van der Waals surface area contributed by atoms with Gasteiger partial charge in [-0.15, -0.1) is 0 Å². The Labute approximate surface area is 129 Å². The predicted molar refractivity (Wildman–Crippen MR) is 82.8 cm³/mol. The van der Waals surface area contributed by atoms with Crippen molar-refractivity contribution in [3.8, 4) is 6.07 Å². The SMILES string of the molecule is N#Cc1cccc(CN2CCN(c3ccnc(F)c3)CC2)c1. The van der Waals surface area contributed by atoms with Crippen molar-refractivity contribution in [2.75, 3.05) is 31.1 Å². The fourth-order valence-electron chi connectivity index (χ4n) is 2.75. The molecule has 0 N–H and O–H groups in total. The molecule has 2 aromatic rings. The van der Waals surface area contributed by atoms with Crippen LogP contribution in [-0.4, -0.2) is 36.1 Å². The molecule has 0 unspecified atom stereocenters. The van der Waals surface area contributed by atoms with Crippen LogP contribution < -0.4 is 4.90 Å². The average molecular weight is 296 g/mol. The Hall–Kier alpha value is -2.45. The van der Waals surface area contributed by atoms with Crippen LogP contribution in [0.4, 0.5) is 10.1 Å². The number of pyridine rings is 1. The fourth-order valence-corrected chi connectivity index (χ4v) is 2.75. The molecule has 0 bridgehead atoms. The first-order valence-corrected chi connectivity index (χ1v) is 7.32. The van der Waals surface area contributed by atoms with Crippen molar-refractivity contribution in [2.24, 2.45) is 0 Å². The van der Waals surface area contributed by atoms with Gasteiger partial charge in [-0.1, -0.05) is 12.1 Å². The molecule has 1 aliphatic heterocycles. The zero-order valence-electron chi connectivity index (χ0n) is 12.2. The molecule has 0 spiro atoms. The number of halogens is 1. The predicted octanol–water partition coefficient (Wildman–Crippen LogP) is 2.41. The summed E-state index contributed by atoms with van der Waals surface area (Å²) in [4.78, 5) is 8.12. The van der Waals surface area contributed by atoms with Gasteiger partial charge in [0.15, 0.2) is 0 Å². The molecule has 22 heavy (non-hydrogen) atoms. The summed E-state index contributed by atoms with van der Waals surface area (Å²) >= 11 is 0. The van der Waals surface area contributed by atoms with Crippen LogP contribution in [0.5, 0.6) is 0 Å². The van der Waals surface area contributed by atoms with Gasteiger partial charge in [0, 0.05) is 50.7 Å². The van der Waals surface area contributed by atoms with Crippen molar-refractivity contribution in [1.82, 2.24) is 9.88 Å². The molecule has 0 atom stereocenters. The number of hydrogen-bond acceptors (Lipinski definition) is 4. The van der Waals surface area contributed by atoms with Gasteiger partial charge < -0.3 is 4.90 Å². The monoisotopic (exact) mass is 296 g/mol. The third kappa shape index (κ3) is 3.41. The minimum absolute atomic E-state index is 0.437. The van der Waals surface area contributed by atoms with E-state index in [1.165, 1.54) is 12.3 Å². The fraction of sp³-hybridized carbons (Fsp3) is 0.294. The lowest BCUT2D eigenvalue weighted by Gasteiger charge is -2.36. The van der Waals surface area contributed by atoms with Crippen molar-refractivity contribution >= 4 is 5.69 Å². The molecule has 1 saturated heterocycles. The quantitative estimate of drug-likeness (QED) is 0.816. The van der Waals surface area contributed by atoms with E-state index in [0.29, 0.717) is 5.56 Å². The number of anilines is 1. The lowest BCUT2D eigenvalue weighted by Crippen LogP contribution is -2.46. The highest BCUT2D eigenvalue weighted by Gasteiger charge is 2.17. The second kappa shape index (κ2) is 6.54. The summed E-state index contributed by atoms with van der Waals surface area (Å²) in [6, 6.07) is 13.2. The van der Waals surface area contributed by atoms with Crippen molar-refractivity contribution in [1.29, 1.82) is 5.26 Å². The molecule has 0 radical (unpaired) electrons. The lowest BCUT2D eigenvalue weighted by molar-refractivity contribution is 0.250. The number of hydrogen-bond donors (Lipinski definition) is 0. The Balaban J connectivity index is 1.59. The van der Waals surface area contributed by atoms with Gasteiger partial charge in [-0.2, -0.15) is 9.65 Å². The van der Waals surface area contributed by atoms with Gasteiger partial charge in [0.25, 0.3) is 0 Å². The van der Waals surface area contributed by atoms with E-state index in [9.17, 15) is 4.39 Å². The Morgan fingerprint density at radius 1 is 1.14 bits per heavy atom. The largest absolute Gasteiger partial charge is 0.369 e. The summed E-state index contributed by atoms with van der Waals surface area (Å²) < 4.78 is 13.2. The molecule has 0 saturated carbocycles. The third-order valence-electron chi connectivity index (χ3n) is 3.91. The number of rotatable bonds is 3. The molecule has 1 aromatic heterocycles. The zero-order chi connectivity index (χ0) is 15.4. The van der Waals surface area contributed by atoms with E-state index < -0.39 is 5.95 Å². The van der Waals surface area contributed by atoms with E-state index in [4.69, 9.17) is 5.26 Å². The van der Waals surface area contributed by atoms with Crippen LogP contribution >= 0.6 is 0 Å². The van der Waals surface area contributed by atoms with Crippen LogP contribution in [0, 0.1) is 17.3 Å². The number of piperazine rings is 1. The van der Waals surface area contributed by atoms with E-state index in [2.05, 4.69) is 20.9 Å². The molecule has 0 aliphatic carbocycles. The van der Waals surface area contributed by atoms with Crippen LogP contribution in [0.25, 0.3) is 0 Å². The highest BCUT2D eigenvalue weighted by molar-refractivity contribution is 5.45. The standard InChI is InChI=1S/C17H17FN4/c18-17-11-16(4-5-20-17)22-8-6-21(7-9-22)13-15-3-1-2-14(10-15)12-19/h1-5,10-11H,6-9,13H2. The molecule has 1 aromatic carbocycles. The van der Waals surface area contributed by atoms with E-state index in [-0.39, 0.29) is 0 Å². The van der Waals surface area contributed by atoms with Crippen molar-refractivity contribution in [2.45, 2.75) is 6.54 Å². The van der Waals surface area contributed by atoms with E-state index in [1.54, 1.807) is 0 Å². The van der Waals surface area contributed by atoms with E-state index >= 15 is 0 Å². The van der Waals surface area contributed by atoms with Crippen LogP contribution in [-0.2, 0) is 6.54 Å². The Kier molecular flexibility index (Phi) is 4.31. The Morgan fingerprint density at radius 2 is 1.95 bits per heavy atom. The van der Waals surface area contributed by atoms with Gasteiger partial charge >= 0.3 is 0 Å². The van der Waals surface area contributed by atoms with Gasteiger partial charge in [-0.3, -0.25) is 4.90 Å². The maximum Gasteiger partial charge on any atom is 0.214 e. The Morgan fingerprint density at radius 3 is 2.68 bits per heavy atom. The summed E-state index contributed by atoms with van der Waals surface area (Å²) in [6.45, 7) is 4.40. The summed E-state index contributed by atoms with van der Waals surface area (Å²) in [5, 5.41) is 8.95. The van der Waals surface area contributed by atoms with Crippen LogP contribution in [0.1, 0.15) is 11.1 Å². The molecule has 1 fully saturated rings. The highest BCUT2D eigenvalue weighted by Crippen LogP contribution is 2.17. The van der Waals surface area contributed by atoms with Crippen LogP contribution in [0.15, 0.2) is 42.6 Å². The number of nitriles is 1. The van der Waals surface area contributed by atoms with Gasteiger partial charge in [-0.25, -0.2) is 4.98 Å². The van der Waals surface area contributed by atoms with E-state index in [1.807, 2.05) is 30.3 Å². The highest BCUT2D eigenvalue weighted by atomic mass is 19.1. The maximum atomic E-state index is 13.2. The molecular formula is C17H17FN4. The smallest absolute Gasteiger partial charge is 0.214 e. The minimum atomic E-state index is -0.437. The molecule has 4 nitrogen and oxygen atoms in total. The number of nitrogens with zero attached hydrogens (tertiary/aromatic N) is 4. The van der Waals surface area contributed by atoms with Crippen molar-refractivity contribution in [3.63, 3.8) is 0 Å². The van der Waals surface area contributed by atoms with Gasteiger partial charge in [0.2, 0.25) is 5.95 Å². The molecule has 112 valence electrons. The molecule has 2 heterocycles. The average Bonchev–Trinajstić information content (AvgIpc) is 2.56. The number of aromatic nitrogens is 1. The number of benzene rings is 1. The summed E-state index contributed by atoms with van der Waals surface area (Å²) in [6.07, 6.45) is 1.50. The zero-order valence-corrected chi connectivity index (χ0v) is 12.2. The molecule has 1 aliphatic rings.